The Balaban J connectivity index is 1.48. The first-order valence-electron chi connectivity index (χ1n) is 16.3. The molecular formula is C34H45BN7O5Si. The lowest BCUT2D eigenvalue weighted by Gasteiger charge is -2.39. The van der Waals surface area contributed by atoms with Crippen molar-refractivity contribution in [3.8, 4) is 23.2 Å². The Morgan fingerprint density at radius 1 is 1.21 bits per heavy atom. The molecular weight excluding hydrogens is 625 g/mol. The molecule has 1 atom stereocenters. The van der Waals surface area contributed by atoms with Crippen LogP contribution in [-0.2, 0) is 24.1 Å². The average Bonchev–Trinajstić information content (AvgIpc) is 3.35. The van der Waals surface area contributed by atoms with Gasteiger partial charge in [0.1, 0.15) is 30.4 Å². The van der Waals surface area contributed by atoms with E-state index in [1.807, 2.05) is 16.9 Å². The second kappa shape index (κ2) is 14.7. The van der Waals surface area contributed by atoms with Crippen LogP contribution in [0.4, 0.5) is 17.3 Å². The number of ether oxygens (including phenoxy) is 3. The van der Waals surface area contributed by atoms with Crippen molar-refractivity contribution in [2.24, 2.45) is 0 Å². The number of hydrogen-bond donors (Lipinski definition) is 1. The van der Waals surface area contributed by atoms with Crippen LogP contribution >= 0.6 is 0 Å². The fourth-order valence-corrected chi connectivity index (χ4v) is 6.82. The lowest BCUT2D eigenvalue weighted by Crippen LogP contribution is -2.46. The smallest absolute Gasteiger partial charge is 0.329 e. The van der Waals surface area contributed by atoms with Gasteiger partial charge in [0.25, 0.3) is 0 Å². The van der Waals surface area contributed by atoms with Crippen molar-refractivity contribution in [3.63, 3.8) is 0 Å². The lowest BCUT2D eigenvalue weighted by atomic mass is 9.83. The van der Waals surface area contributed by atoms with Gasteiger partial charge in [-0.15, -0.1) is 0 Å². The van der Waals surface area contributed by atoms with E-state index < -0.39 is 13.7 Å². The third kappa shape index (κ3) is 7.70. The second-order valence-electron chi connectivity index (χ2n) is 14.1. The maximum absolute atomic E-state index is 11.6. The zero-order chi connectivity index (χ0) is 34.5. The van der Waals surface area contributed by atoms with Crippen LogP contribution in [0.5, 0.6) is 5.88 Å². The van der Waals surface area contributed by atoms with Crippen molar-refractivity contribution in [3.05, 3.63) is 47.5 Å². The number of methoxy groups -OCH3 is 1. The first-order chi connectivity index (χ1) is 22.9. The molecule has 0 bridgehead atoms. The molecule has 1 saturated heterocycles. The molecule has 5 rings (SSSR count). The Labute approximate surface area is 285 Å². The van der Waals surface area contributed by atoms with Gasteiger partial charge in [-0.2, -0.15) is 10.2 Å². The van der Waals surface area contributed by atoms with E-state index in [-0.39, 0.29) is 11.0 Å². The van der Waals surface area contributed by atoms with E-state index >= 15 is 0 Å². The highest BCUT2D eigenvalue weighted by Gasteiger charge is 2.44. The molecule has 12 nitrogen and oxygen atoms in total. The van der Waals surface area contributed by atoms with Gasteiger partial charge in [0.2, 0.25) is 11.8 Å². The molecule has 2 aliphatic heterocycles. The van der Waals surface area contributed by atoms with Crippen LogP contribution in [0.2, 0.25) is 18.1 Å². The Bertz CT molecular complexity index is 1660. The number of carbonyl (C=O) groups is 1. The minimum atomic E-state index is -2.08. The van der Waals surface area contributed by atoms with Crippen LogP contribution in [0.3, 0.4) is 0 Å². The highest BCUT2D eigenvalue weighted by atomic mass is 28.4. The van der Waals surface area contributed by atoms with Crippen molar-refractivity contribution >= 4 is 39.2 Å². The van der Waals surface area contributed by atoms with Gasteiger partial charge < -0.3 is 33.6 Å². The highest BCUT2D eigenvalue weighted by molar-refractivity contribution is 6.74. The van der Waals surface area contributed by atoms with Crippen molar-refractivity contribution < 1.29 is 23.4 Å². The first-order valence-corrected chi connectivity index (χ1v) is 19.2. The fraction of sp³-hybridized carbons (Fsp3) is 0.529. The Morgan fingerprint density at radius 2 is 1.98 bits per heavy atom. The first kappa shape index (κ1) is 35.4. The minimum Gasteiger partial charge on any atom is -0.474 e. The highest BCUT2D eigenvalue weighted by Crippen LogP contribution is 2.46. The molecule has 0 amide bonds. The summed E-state index contributed by atoms with van der Waals surface area (Å²) < 4.78 is 23.4. The molecule has 2 aliphatic rings. The van der Waals surface area contributed by atoms with Crippen LogP contribution in [-0.4, -0.2) is 88.5 Å². The number of rotatable bonds is 13. The molecule has 2 aromatic heterocycles. The molecule has 253 valence electrons. The van der Waals surface area contributed by atoms with Crippen molar-refractivity contribution in [1.29, 1.82) is 5.26 Å². The van der Waals surface area contributed by atoms with Crippen molar-refractivity contribution in [2.45, 2.75) is 70.0 Å². The number of nitrogens with one attached hydrogen (secondary N) is 1. The maximum Gasteiger partial charge on any atom is 0.329 e. The van der Waals surface area contributed by atoms with Gasteiger partial charge in [-0.3, -0.25) is 0 Å². The summed E-state index contributed by atoms with van der Waals surface area (Å²) in [5.74, 6) is 1.63. The molecule has 0 unspecified atom stereocenters. The zero-order valence-electron chi connectivity index (χ0n) is 29.0. The van der Waals surface area contributed by atoms with Gasteiger partial charge in [0.05, 0.1) is 24.1 Å². The number of anilines is 3. The SMILES string of the molecule is COCCOc1nc(C2CCOCC2)ncc1Nc1nccc(-c2cc(C#N)c3c(c2)[C@@](C)(CO[Si](C)(C)C(C)(C)C)CN3[B]C=O)n1. The number of hydrogen-bond acceptors (Lipinski definition) is 12. The van der Waals surface area contributed by atoms with Gasteiger partial charge in [-0.1, -0.05) is 27.7 Å². The topological polar surface area (TPSA) is 145 Å². The average molecular weight is 671 g/mol. The molecule has 1 aromatic carbocycles. The number of aromatic nitrogens is 4. The molecule has 3 aromatic rings. The normalized spacial score (nSPS) is 18.2. The molecule has 1 N–H and O–H groups in total. The van der Waals surface area contributed by atoms with E-state index in [0.29, 0.717) is 68.4 Å². The largest absolute Gasteiger partial charge is 0.474 e. The molecule has 1 radical (unpaired) electrons. The molecule has 14 heteroatoms. The number of carbonyl (C=O) groups excluding carboxylic acids is 1. The number of nitriles is 1. The van der Waals surface area contributed by atoms with E-state index in [2.05, 4.69) is 68.2 Å². The van der Waals surface area contributed by atoms with Gasteiger partial charge in [-0.25, -0.2) is 15.0 Å². The predicted octanol–water partition coefficient (Wildman–Crippen LogP) is 5.38. The fourth-order valence-electron chi connectivity index (χ4n) is 5.71. The van der Waals surface area contributed by atoms with Gasteiger partial charge in [-0.05, 0) is 54.7 Å². The number of fused-ring (bicyclic) bond motifs is 1. The molecule has 48 heavy (non-hydrogen) atoms. The van der Waals surface area contributed by atoms with Gasteiger partial charge in [0, 0.05) is 62.3 Å². The molecule has 0 saturated carbocycles. The predicted molar refractivity (Wildman–Crippen MR) is 188 cm³/mol. The molecule has 0 aliphatic carbocycles. The number of benzene rings is 1. The standard InChI is InChI=1S/C34H45BN7O5Si/c1-33(2,3)48(6,7)47-21-34(4)20-42(35-22-43)29-25(18-36)16-24(17-26(29)34)27-8-11-37-32(39-27)40-28-19-38-30(23-9-12-45-13-10-23)41-31(28)46-15-14-44-5/h8,11,16-17,19,22-23H,9-10,12-15,20-21H2,1-7H3,(H,37,39,40)/t34-/m1/s1. The summed E-state index contributed by atoms with van der Waals surface area (Å²) in [6.45, 7) is 16.3. The monoisotopic (exact) mass is 670 g/mol. The minimum absolute atomic E-state index is 0.0360. The maximum atomic E-state index is 11.6. The van der Waals surface area contributed by atoms with E-state index in [9.17, 15) is 10.1 Å². The summed E-state index contributed by atoms with van der Waals surface area (Å²) in [4.78, 5) is 32.2. The molecule has 0 spiro atoms. The molecule has 4 heterocycles. The van der Waals surface area contributed by atoms with E-state index in [0.717, 1.165) is 41.7 Å². The lowest BCUT2D eigenvalue weighted by molar-refractivity contribution is 0.0832. The van der Waals surface area contributed by atoms with Crippen LogP contribution in [0.25, 0.3) is 11.3 Å². The Hall–Kier alpha value is -3.90. The number of nitrogens with zero attached hydrogens (tertiary/aromatic N) is 6. The van der Waals surface area contributed by atoms with Gasteiger partial charge in [0.15, 0.2) is 8.32 Å². The third-order valence-electron chi connectivity index (χ3n) is 9.57. The quantitative estimate of drug-likeness (QED) is 0.142. The zero-order valence-corrected chi connectivity index (χ0v) is 30.0. The third-order valence-corrected chi connectivity index (χ3v) is 14.0. The van der Waals surface area contributed by atoms with E-state index in [1.54, 1.807) is 19.5 Å². The van der Waals surface area contributed by atoms with Crippen LogP contribution in [0.15, 0.2) is 30.6 Å². The van der Waals surface area contributed by atoms with E-state index in [1.165, 1.54) is 7.41 Å². The Morgan fingerprint density at radius 3 is 2.67 bits per heavy atom. The second-order valence-corrected chi connectivity index (χ2v) is 18.9. The van der Waals surface area contributed by atoms with Crippen molar-refractivity contribution in [2.75, 3.05) is 56.8 Å². The summed E-state index contributed by atoms with van der Waals surface area (Å²) in [7, 11) is 1.03. The molecule has 1 fully saturated rings. The summed E-state index contributed by atoms with van der Waals surface area (Å²) in [6.07, 6.45) is 5.83. The van der Waals surface area contributed by atoms with Crippen LogP contribution in [0.1, 0.15) is 63.4 Å². The summed E-state index contributed by atoms with van der Waals surface area (Å²) >= 11 is 0. The summed E-state index contributed by atoms with van der Waals surface area (Å²) in [5.41, 5.74) is 3.55. The van der Waals surface area contributed by atoms with Crippen molar-refractivity contribution in [1.82, 2.24) is 19.9 Å². The van der Waals surface area contributed by atoms with Crippen LogP contribution < -0.4 is 14.9 Å². The van der Waals surface area contributed by atoms with Crippen LogP contribution in [0, 0.1) is 11.3 Å². The summed E-state index contributed by atoms with van der Waals surface area (Å²) in [6, 6.07) is 8.03. The van der Waals surface area contributed by atoms with E-state index in [4.69, 9.17) is 28.6 Å². The van der Waals surface area contributed by atoms with Gasteiger partial charge >= 0.3 is 7.41 Å². The summed E-state index contributed by atoms with van der Waals surface area (Å²) in [5, 5.41) is 13.6. The Kier molecular flexibility index (Phi) is 10.8.